The number of rotatable bonds is 8. The molecule has 5 heteroatoms. The van der Waals surface area contributed by atoms with Crippen LogP contribution in [0.4, 0.5) is 0 Å². The van der Waals surface area contributed by atoms with Crippen LogP contribution in [0.1, 0.15) is 57.8 Å². The van der Waals surface area contributed by atoms with Gasteiger partial charge in [-0.05, 0) is 68.7 Å². The predicted molar refractivity (Wildman–Crippen MR) is 116 cm³/mol. The molecule has 4 nitrogen and oxygen atoms in total. The molecule has 0 bridgehead atoms. The van der Waals surface area contributed by atoms with Crippen LogP contribution in [-0.4, -0.2) is 29.6 Å². The highest BCUT2D eigenvalue weighted by Gasteiger charge is 2.41. The third kappa shape index (κ3) is 5.86. The normalized spacial score (nSPS) is 21.1. The number of hydrogen-bond donors (Lipinski definition) is 0. The Bertz CT molecular complexity index is 802. The van der Waals surface area contributed by atoms with E-state index in [0.717, 1.165) is 43.1 Å². The number of hydrogen-bond acceptors (Lipinski definition) is 3. The second-order valence-corrected chi connectivity index (χ2v) is 9.21. The van der Waals surface area contributed by atoms with Gasteiger partial charge >= 0.3 is 0 Å². The molecule has 158 valence electrons. The molecule has 2 aromatic rings. The van der Waals surface area contributed by atoms with Crippen molar-refractivity contribution in [3.63, 3.8) is 0 Å². The summed E-state index contributed by atoms with van der Waals surface area (Å²) >= 11 is 6.50. The van der Waals surface area contributed by atoms with Gasteiger partial charge in [0.1, 0.15) is 5.76 Å². The first-order valence-electron chi connectivity index (χ1n) is 10.5. The third-order valence-corrected chi connectivity index (χ3v) is 6.31. The van der Waals surface area contributed by atoms with Gasteiger partial charge in [0.05, 0.1) is 18.4 Å². The molecule has 0 aliphatic carbocycles. The zero-order valence-electron chi connectivity index (χ0n) is 17.7. The molecule has 0 spiro atoms. The fourth-order valence-corrected chi connectivity index (χ4v) is 4.77. The summed E-state index contributed by atoms with van der Waals surface area (Å²) in [4.78, 5) is 14.5. The number of carbonyl (C=O) groups excluding carboxylic acids is 1. The highest BCUT2D eigenvalue weighted by Crippen LogP contribution is 2.45. The van der Waals surface area contributed by atoms with Crippen molar-refractivity contribution in [3.8, 4) is 0 Å². The maximum atomic E-state index is 12.6. The fraction of sp³-hybridized carbons (Fsp3) is 0.542. The lowest BCUT2D eigenvalue weighted by Crippen LogP contribution is -2.44. The van der Waals surface area contributed by atoms with Gasteiger partial charge in [-0.2, -0.15) is 0 Å². The molecule has 1 aromatic carbocycles. The van der Waals surface area contributed by atoms with Crippen LogP contribution in [0.3, 0.4) is 0 Å². The van der Waals surface area contributed by atoms with E-state index in [-0.39, 0.29) is 16.9 Å². The third-order valence-electron chi connectivity index (χ3n) is 5.94. The van der Waals surface area contributed by atoms with Gasteiger partial charge in [0.15, 0.2) is 0 Å². The Morgan fingerprint density at radius 2 is 2.00 bits per heavy atom. The zero-order chi connectivity index (χ0) is 20.9. The standard InChI is InChI=1S/C24H32ClNO3/c1-4-22(27)26(17-20-9-7-14-28-20)13-11-24(12-15-29-23(2,3)18-24)16-19-8-5-6-10-21(19)25/h5-10,14H,4,11-13,15-18H2,1-3H3/t24-/m0/s1. The van der Waals surface area contributed by atoms with E-state index in [1.807, 2.05) is 42.2 Å². The lowest BCUT2D eigenvalue weighted by molar-refractivity contribution is -0.133. The summed E-state index contributed by atoms with van der Waals surface area (Å²) in [5, 5.41) is 0.813. The SMILES string of the molecule is CCC(=O)N(CC[C@@]1(Cc2ccccc2Cl)CCOC(C)(C)C1)Cc1ccco1. The molecule has 1 aliphatic heterocycles. The van der Waals surface area contributed by atoms with Crippen LogP contribution in [0.25, 0.3) is 0 Å². The van der Waals surface area contributed by atoms with Crippen LogP contribution in [0.5, 0.6) is 0 Å². The van der Waals surface area contributed by atoms with E-state index >= 15 is 0 Å². The highest BCUT2D eigenvalue weighted by molar-refractivity contribution is 6.31. The lowest BCUT2D eigenvalue weighted by Gasteiger charge is -2.46. The highest BCUT2D eigenvalue weighted by atomic mass is 35.5. The monoisotopic (exact) mass is 417 g/mol. The van der Waals surface area contributed by atoms with E-state index in [9.17, 15) is 4.79 Å². The average molecular weight is 418 g/mol. The summed E-state index contributed by atoms with van der Waals surface area (Å²) in [5.41, 5.74) is 1.04. The number of ether oxygens (including phenoxy) is 1. The van der Waals surface area contributed by atoms with Crippen LogP contribution >= 0.6 is 11.6 Å². The molecule has 29 heavy (non-hydrogen) atoms. The molecule has 1 aliphatic rings. The lowest BCUT2D eigenvalue weighted by atomic mass is 9.68. The van der Waals surface area contributed by atoms with Gasteiger partial charge in [-0.1, -0.05) is 36.7 Å². The number of furan rings is 1. The molecule has 1 aromatic heterocycles. The number of amides is 1. The van der Waals surface area contributed by atoms with Crippen molar-refractivity contribution in [2.45, 2.75) is 65.0 Å². The molecule has 1 atom stereocenters. The van der Waals surface area contributed by atoms with Gasteiger partial charge in [-0.25, -0.2) is 0 Å². The van der Waals surface area contributed by atoms with E-state index in [1.54, 1.807) is 6.26 Å². The van der Waals surface area contributed by atoms with Gasteiger partial charge in [0, 0.05) is 24.6 Å². The molecule has 0 saturated carbocycles. The second kappa shape index (κ2) is 9.36. The molecular weight excluding hydrogens is 386 g/mol. The van der Waals surface area contributed by atoms with Crippen molar-refractivity contribution >= 4 is 17.5 Å². The van der Waals surface area contributed by atoms with Gasteiger partial charge in [-0.15, -0.1) is 0 Å². The van der Waals surface area contributed by atoms with Crippen molar-refractivity contribution in [1.82, 2.24) is 4.90 Å². The van der Waals surface area contributed by atoms with E-state index in [1.165, 1.54) is 5.56 Å². The minimum Gasteiger partial charge on any atom is -0.467 e. The maximum absolute atomic E-state index is 12.6. The van der Waals surface area contributed by atoms with Crippen LogP contribution in [0, 0.1) is 5.41 Å². The number of nitrogens with zero attached hydrogens (tertiary/aromatic N) is 1. The number of carbonyl (C=O) groups is 1. The molecule has 1 fully saturated rings. The Kier molecular flexibility index (Phi) is 7.07. The quantitative estimate of drug-likeness (QED) is 0.538. The van der Waals surface area contributed by atoms with Gasteiger partial charge < -0.3 is 14.1 Å². The molecule has 0 unspecified atom stereocenters. The Balaban J connectivity index is 1.80. The first kappa shape index (κ1) is 21.9. The largest absolute Gasteiger partial charge is 0.467 e. The first-order chi connectivity index (χ1) is 13.8. The molecule has 1 amide bonds. The van der Waals surface area contributed by atoms with Crippen LogP contribution in [0.2, 0.25) is 5.02 Å². The molecular formula is C24H32ClNO3. The van der Waals surface area contributed by atoms with E-state index in [4.69, 9.17) is 20.8 Å². The summed E-state index contributed by atoms with van der Waals surface area (Å²) in [5.74, 6) is 0.972. The van der Waals surface area contributed by atoms with E-state index in [0.29, 0.717) is 19.5 Å². The molecule has 2 heterocycles. The Morgan fingerprint density at radius 3 is 2.66 bits per heavy atom. The minimum absolute atomic E-state index is 0.0438. The first-order valence-corrected chi connectivity index (χ1v) is 10.9. The topological polar surface area (TPSA) is 42.7 Å². The maximum Gasteiger partial charge on any atom is 0.222 e. The second-order valence-electron chi connectivity index (χ2n) is 8.80. The van der Waals surface area contributed by atoms with Crippen LogP contribution in [0.15, 0.2) is 47.1 Å². The predicted octanol–water partition coefficient (Wildman–Crippen LogP) is 5.88. The average Bonchev–Trinajstić information content (AvgIpc) is 3.19. The summed E-state index contributed by atoms with van der Waals surface area (Å²) in [6.45, 7) is 8.18. The number of halogens is 1. The molecule has 3 rings (SSSR count). The van der Waals surface area contributed by atoms with Crippen molar-refractivity contribution in [2.75, 3.05) is 13.2 Å². The molecule has 0 radical (unpaired) electrons. The smallest absolute Gasteiger partial charge is 0.222 e. The summed E-state index contributed by atoms with van der Waals surface area (Å²) in [6, 6.07) is 11.9. The summed E-state index contributed by atoms with van der Waals surface area (Å²) < 4.78 is 11.5. The van der Waals surface area contributed by atoms with Gasteiger partial charge in [0.2, 0.25) is 5.91 Å². The minimum atomic E-state index is -0.180. The van der Waals surface area contributed by atoms with Crippen molar-refractivity contribution in [1.29, 1.82) is 0 Å². The van der Waals surface area contributed by atoms with Crippen molar-refractivity contribution in [2.24, 2.45) is 5.41 Å². The number of benzene rings is 1. The summed E-state index contributed by atoms with van der Waals surface area (Å²) in [7, 11) is 0. The zero-order valence-corrected chi connectivity index (χ0v) is 18.5. The van der Waals surface area contributed by atoms with Gasteiger partial charge in [0.25, 0.3) is 0 Å². The van der Waals surface area contributed by atoms with Gasteiger partial charge in [-0.3, -0.25) is 4.79 Å². The molecule has 1 saturated heterocycles. The van der Waals surface area contributed by atoms with Crippen molar-refractivity contribution < 1.29 is 13.9 Å². The Labute approximate surface area is 179 Å². The van der Waals surface area contributed by atoms with E-state index < -0.39 is 0 Å². The molecule has 0 N–H and O–H groups in total. The van der Waals surface area contributed by atoms with Crippen LogP contribution < -0.4 is 0 Å². The fourth-order valence-electron chi connectivity index (χ4n) is 4.56. The van der Waals surface area contributed by atoms with Crippen LogP contribution in [-0.2, 0) is 22.5 Å². The van der Waals surface area contributed by atoms with Crippen molar-refractivity contribution in [3.05, 3.63) is 59.0 Å². The Morgan fingerprint density at radius 1 is 1.21 bits per heavy atom. The van der Waals surface area contributed by atoms with E-state index in [2.05, 4.69) is 19.9 Å². The summed E-state index contributed by atoms with van der Waals surface area (Å²) in [6.07, 6.45) is 5.87. The Hall–Kier alpha value is -1.78.